The smallest absolute Gasteiger partial charge is 0.276 e. The van der Waals surface area contributed by atoms with Crippen molar-refractivity contribution in [3.8, 4) is 5.69 Å². The fourth-order valence-electron chi connectivity index (χ4n) is 3.04. The summed E-state index contributed by atoms with van der Waals surface area (Å²) in [5.74, 6) is 1.07. The Labute approximate surface area is 124 Å². The lowest BCUT2D eigenvalue weighted by atomic mass is 9.92. The first-order valence-electron chi connectivity index (χ1n) is 7.40. The molecule has 1 aliphatic heterocycles. The first kappa shape index (κ1) is 13.8. The maximum atomic E-state index is 12.5. The SMILES string of the molecule is CC1CC(C)CN(C(=O)c2cnn(-c3ccccc3)n2)C1. The van der Waals surface area contributed by atoms with E-state index in [0.717, 1.165) is 18.8 Å². The third-order valence-corrected chi connectivity index (χ3v) is 3.85. The summed E-state index contributed by atoms with van der Waals surface area (Å²) >= 11 is 0. The summed E-state index contributed by atoms with van der Waals surface area (Å²) in [6.45, 7) is 6.00. The van der Waals surface area contributed by atoms with E-state index < -0.39 is 0 Å². The molecular formula is C16H20N4O. The summed E-state index contributed by atoms with van der Waals surface area (Å²) in [7, 11) is 0. The summed E-state index contributed by atoms with van der Waals surface area (Å²) in [6, 6.07) is 9.62. The van der Waals surface area contributed by atoms with Gasteiger partial charge in [-0.3, -0.25) is 4.79 Å². The Bertz CT molecular complexity index is 612. The molecule has 2 heterocycles. The van der Waals surface area contributed by atoms with Crippen LogP contribution in [0.4, 0.5) is 0 Å². The van der Waals surface area contributed by atoms with Gasteiger partial charge in [0.25, 0.3) is 5.91 Å². The summed E-state index contributed by atoms with van der Waals surface area (Å²) in [5.41, 5.74) is 1.28. The molecule has 1 fully saturated rings. The van der Waals surface area contributed by atoms with E-state index in [0.29, 0.717) is 17.5 Å². The average Bonchev–Trinajstić information content (AvgIpc) is 2.96. The third kappa shape index (κ3) is 2.96. The molecule has 0 spiro atoms. The van der Waals surface area contributed by atoms with Crippen LogP contribution in [0.3, 0.4) is 0 Å². The van der Waals surface area contributed by atoms with Gasteiger partial charge in [-0.25, -0.2) is 0 Å². The highest BCUT2D eigenvalue weighted by molar-refractivity contribution is 5.92. The van der Waals surface area contributed by atoms with Crippen molar-refractivity contribution in [2.45, 2.75) is 20.3 Å². The zero-order valence-electron chi connectivity index (χ0n) is 12.4. The highest BCUT2D eigenvalue weighted by Gasteiger charge is 2.27. The Hall–Kier alpha value is -2.17. The fourth-order valence-corrected chi connectivity index (χ4v) is 3.04. The minimum Gasteiger partial charge on any atom is -0.337 e. The Morgan fingerprint density at radius 3 is 2.48 bits per heavy atom. The number of rotatable bonds is 2. The number of aromatic nitrogens is 3. The van der Waals surface area contributed by atoms with Gasteiger partial charge >= 0.3 is 0 Å². The Balaban J connectivity index is 1.78. The van der Waals surface area contributed by atoms with E-state index in [4.69, 9.17) is 0 Å². The van der Waals surface area contributed by atoms with Gasteiger partial charge in [0.2, 0.25) is 0 Å². The van der Waals surface area contributed by atoms with Crippen molar-refractivity contribution in [1.29, 1.82) is 0 Å². The maximum Gasteiger partial charge on any atom is 0.276 e. The molecule has 21 heavy (non-hydrogen) atoms. The van der Waals surface area contributed by atoms with Crippen molar-refractivity contribution in [1.82, 2.24) is 19.9 Å². The molecule has 1 aliphatic rings. The van der Waals surface area contributed by atoms with Crippen LogP contribution in [0.25, 0.3) is 5.69 Å². The first-order valence-corrected chi connectivity index (χ1v) is 7.40. The lowest BCUT2D eigenvalue weighted by Crippen LogP contribution is -2.42. The van der Waals surface area contributed by atoms with Crippen LogP contribution in [0.2, 0.25) is 0 Å². The molecule has 1 aromatic carbocycles. The highest BCUT2D eigenvalue weighted by atomic mass is 16.2. The quantitative estimate of drug-likeness (QED) is 0.851. The van der Waals surface area contributed by atoms with Crippen molar-refractivity contribution in [2.75, 3.05) is 13.1 Å². The van der Waals surface area contributed by atoms with E-state index >= 15 is 0 Å². The number of carbonyl (C=O) groups is 1. The van der Waals surface area contributed by atoms with E-state index in [-0.39, 0.29) is 5.91 Å². The summed E-state index contributed by atoms with van der Waals surface area (Å²) in [4.78, 5) is 16.0. The molecular weight excluding hydrogens is 264 g/mol. The van der Waals surface area contributed by atoms with Crippen LogP contribution in [-0.4, -0.2) is 38.9 Å². The van der Waals surface area contributed by atoms with E-state index in [1.807, 2.05) is 35.2 Å². The lowest BCUT2D eigenvalue weighted by Gasteiger charge is -2.34. The van der Waals surface area contributed by atoms with Gasteiger partial charge in [-0.15, -0.1) is 5.10 Å². The monoisotopic (exact) mass is 284 g/mol. The summed E-state index contributed by atoms with van der Waals surface area (Å²) in [6.07, 6.45) is 2.74. The molecule has 0 N–H and O–H groups in total. The Morgan fingerprint density at radius 1 is 1.14 bits per heavy atom. The van der Waals surface area contributed by atoms with E-state index in [1.54, 1.807) is 6.20 Å². The summed E-state index contributed by atoms with van der Waals surface area (Å²) in [5, 5.41) is 8.52. The second-order valence-corrected chi connectivity index (χ2v) is 6.01. The summed E-state index contributed by atoms with van der Waals surface area (Å²) < 4.78 is 0. The second kappa shape index (κ2) is 5.68. The van der Waals surface area contributed by atoms with Crippen molar-refractivity contribution < 1.29 is 4.79 Å². The zero-order chi connectivity index (χ0) is 14.8. The molecule has 2 aromatic rings. The Morgan fingerprint density at radius 2 is 1.81 bits per heavy atom. The number of benzene rings is 1. The van der Waals surface area contributed by atoms with Crippen molar-refractivity contribution >= 4 is 5.91 Å². The normalized spacial score (nSPS) is 22.3. The Kier molecular flexibility index (Phi) is 3.73. The van der Waals surface area contributed by atoms with Crippen molar-refractivity contribution in [3.05, 3.63) is 42.2 Å². The van der Waals surface area contributed by atoms with Gasteiger partial charge in [-0.2, -0.15) is 9.90 Å². The molecule has 110 valence electrons. The number of para-hydroxylation sites is 1. The predicted octanol–water partition coefficient (Wildman–Crippen LogP) is 2.39. The number of hydrogen-bond acceptors (Lipinski definition) is 3. The van der Waals surface area contributed by atoms with E-state index in [9.17, 15) is 4.79 Å². The van der Waals surface area contributed by atoms with E-state index in [1.165, 1.54) is 11.2 Å². The lowest BCUT2D eigenvalue weighted by molar-refractivity contribution is 0.0616. The molecule has 5 heteroatoms. The largest absolute Gasteiger partial charge is 0.337 e. The minimum absolute atomic E-state index is 0.0180. The minimum atomic E-state index is -0.0180. The first-order chi connectivity index (χ1) is 10.1. The van der Waals surface area contributed by atoms with Crippen LogP contribution in [-0.2, 0) is 0 Å². The molecule has 2 atom stereocenters. The van der Waals surface area contributed by atoms with Crippen molar-refractivity contribution in [2.24, 2.45) is 11.8 Å². The van der Waals surface area contributed by atoms with Crippen LogP contribution in [0.15, 0.2) is 36.5 Å². The van der Waals surface area contributed by atoms with Crippen molar-refractivity contribution in [3.63, 3.8) is 0 Å². The predicted molar refractivity (Wildman–Crippen MR) is 80.2 cm³/mol. The van der Waals surface area contributed by atoms with Crippen LogP contribution >= 0.6 is 0 Å². The molecule has 0 radical (unpaired) electrons. The molecule has 0 bridgehead atoms. The molecule has 0 saturated carbocycles. The topological polar surface area (TPSA) is 51.0 Å². The highest BCUT2D eigenvalue weighted by Crippen LogP contribution is 2.22. The number of carbonyl (C=O) groups excluding carboxylic acids is 1. The van der Waals surface area contributed by atoms with E-state index in [2.05, 4.69) is 24.0 Å². The molecule has 1 saturated heterocycles. The van der Waals surface area contributed by atoms with Gasteiger partial charge in [0.15, 0.2) is 5.69 Å². The number of piperidine rings is 1. The average molecular weight is 284 g/mol. The number of likely N-dealkylation sites (tertiary alicyclic amines) is 1. The standard InChI is InChI=1S/C16H20N4O/c1-12-8-13(2)11-19(10-12)16(21)15-9-17-20(18-15)14-6-4-3-5-7-14/h3-7,9,12-13H,8,10-11H2,1-2H3. The molecule has 3 rings (SSSR count). The van der Waals surface area contributed by atoms with Crippen LogP contribution < -0.4 is 0 Å². The number of amides is 1. The van der Waals surface area contributed by atoms with Gasteiger partial charge in [0, 0.05) is 13.1 Å². The van der Waals surface area contributed by atoms with Crippen LogP contribution in [0, 0.1) is 11.8 Å². The van der Waals surface area contributed by atoms with Gasteiger partial charge in [-0.1, -0.05) is 32.0 Å². The van der Waals surface area contributed by atoms with Crippen LogP contribution in [0.1, 0.15) is 30.8 Å². The molecule has 5 nitrogen and oxygen atoms in total. The molecule has 2 unspecified atom stereocenters. The van der Waals surface area contributed by atoms with Gasteiger partial charge in [-0.05, 0) is 30.4 Å². The number of nitrogens with zero attached hydrogens (tertiary/aromatic N) is 4. The van der Waals surface area contributed by atoms with Gasteiger partial charge in [0.1, 0.15) is 0 Å². The second-order valence-electron chi connectivity index (χ2n) is 6.01. The maximum absolute atomic E-state index is 12.5. The molecule has 0 aliphatic carbocycles. The van der Waals surface area contributed by atoms with Crippen LogP contribution in [0.5, 0.6) is 0 Å². The molecule has 1 amide bonds. The van der Waals surface area contributed by atoms with Gasteiger partial charge < -0.3 is 4.90 Å². The zero-order valence-corrected chi connectivity index (χ0v) is 12.4. The number of hydrogen-bond donors (Lipinski definition) is 0. The fraction of sp³-hybridized carbons (Fsp3) is 0.438. The van der Waals surface area contributed by atoms with Gasteiger partial charge in [0.05, 0.1) is 11.9 Å². The third-order valence-electron chi connectivity index (χ3n) is 3.85. The molecule has 1 aromatic heterocycles.